The Kier molecular flexibility index (Phi) is 5.04. The van der Waals surface area contributed by atoms with Gasteiger partial charge in [0.25, 0.3) is 0 Å². The Labute approximate surface area is 147 Å². The van der Waals surface area contributed by atoms with Gasteiger partial charge in [0.15, 0.2) is 0 Å². The quantitative estimate of drug-likeness (QED) is 0.790. The second-order valence-electron chi connectivity index (χ2n) is 6.32. The number of rotatable bonds is 4. The van der Waals surface area contributed by atoms with E-state index < -0.39 is 0 Å². The van der Waals surface area contributed by atoms with Gasteiger partial charge in [-0.15, -0.1) is 11.3 Å². The lowest BCUT2D eigenvalue weighted by atomic mass is 9.98. The predicted molar refractivity (Wildman–Crippen MR) is 97.8 cm³/mol. The lowest BCUT2D eigenvalue weighted by Gasteiger charge is -2.33. The number of hydrogen-bond acceptors (Lipinski definition) is 6. The largest absolute Gasteiger partial charge is 0.466 e. The van der Waals surface area contributed by atoms with Crippen LogP contribution in [0.3, 0.4) is 0 Å². The number of carbonyl (C=O) groups is 1. The first-order valence-corrected chi connectivity index (χ1v) is 9.55. The maximum atomic E-state index is 12.2. The van der Waals surface area contributed by atoms with E-state index in [0.717, 1.165) is 47.7 Å². The van der Waals surface area contributed by atoms with Gasteiger partial charge < -0.3 is 9.64 Å². The standard InChI is InChI=1S/C18H25N3O2S/c1-5-14-19-16(15-11(3)12(4)24-17(15)20-14)21-9-7-8-13(10-21)18(22)23-6-2/h13H,5-10H2,1-4H3. The van der Waals surface area contributed by atoms with Crippen molar-refractivity contribution in [1.29, 1.82) is 0 Å². The van der Waals surface area contributed by atoms with Gasteiger partial charge in [-0.3, -0.25) is 4.79 Å². The maximum absolute atomic E-state index is 12.2. The molecule has 0 spiro atoms. The minimum absolute atomic E-state index is 0.0613. The van der Waals surface area contributed by atoms with E-state index in [1.165, 1.54) is 10.4 Å². The molecule has 1 unspecified atom stereocenters. The summed E-state index contributed by atoms with van der Waals surface area (Å²) in [6.45, 7) is 10.3. The number of aryl methyl sites for hydroxylation is 3. The van der Waals surface area contributed by atoms with E-state index in [9.17, 15) is 4.79 Å². The lowest BCUT2D eigenvalue weighted by molar-refractivity contribution is -0.148. The topological polar surface area (TPSA) is 55.3 Å². The number of thiophene rings is 1. The highest BCUT2D eigenvalue weighted by Gasteiger charge is 2.29. The van der Waals surface area contributed by atoms with E-state index in [0.29, 0.717) is 13.2 Å². The summed E-state index contributed by atoms with van der Waals surface area (Å²) in [5.41, 5.74) is 1.26. The summed E-state index contributed by atoms with van der Waals surface area (Å²) >= 11 is 1.73. The van der Waals surface area contributed by atoms with E-state index in [1.54, 1.807) is 11.3 Å². The van der Waals surface area contributed by atoms with Crippen LogP contribution < -0.4 is 4.90 Å². The average molecular weight is 347 g/mol. The number of piperidine rings is 1. The van der Waals surface area contributed by atoms with Gasteiger partial charge in [-0.1, -0.05) is 6.92 Å². The molecule has 3 heterocycles. The lowest BCUT2D eigenvalue weighted by Crippen LogP contribution is -2.40. The molecule has 1 fully saturated rings. The molecule has 0 saturated carbocycles. The molecule has 0 bridgehead atoms. The number of esters is 1. The number of fused-ring (bicyclic) bond motifs is 1. The van der Waals surface area contributed by atoms with Gasteiger partial charge in [-0.25, -0.2) is 9.97 Å². The van der Waals surface area contributed by atoms with E-state index in [4.69, 9.17) is 14.7 Å². The summed E-state index contributed by atoms with van der Waals surface area (Å²) in [4.78, 5) is 26.3. The fraction of sp³-hybridized carbons (Fsp3) is 0.611. The first kappa shape index (κ1) is 17.1. The molecule has 24 heavy (non-hydrogen) atoms. The molecule has 1 atom stereocenters. The zero-order valence-electron chi connectivity index (χ0n) is 14.9. The molecular formula is C18H25N3O2S. The molecule has 0 radical (unpaired) electrons. The van der Waals surface area contributed by atoms with Crippen LogP contribution in [0.15, 0.2) is 0 Å². The molecule has 5 nitrogen and oxygen atoms in total. The van der Waals surface area contributed by atoms with E-state index in [1.807, 2.05) is 6.92 Å². The number of anilines is 1. The van der Waals surface area contributed by atoms with Crippen molar-refractivity contribution < 1.29 is 9.53 Å². The Hall–Kier alpha value is -1.69. The summed E-state index contributed by atoms with van der Waals surface area (Å²) in [6.07, 6.45) is 2.69. The van der Waals surface area contributed by atoms with Crippen molar-refractivity contribution in [3.05, 3.63) is 16.3 Å². The number of aromatic nitrogens is 2. The van der Waals surface area contributed by atoms with Gasteiger partial charge in [0.1, 0.15) is 16.5 Å². The second kappa shape index (κ2) is 7.05. The van der Waals surface area contributed by atoms with Crippen molar-refractivity contribution in [2.75, 3.05) is 24.6 Å². The fourth-order valence-electron chi connectivity index (χ4n) is 3.28. The molecule has 1 aliphatic heterocycles. The minimum Gasteiger partial charge on any atom is -0.466 e. The van der Waals surface area contributed by atoms with Crippen molar-refractivity contribution in [2.45, 2.75) is 47.0 Å². The third-order valence-corrected chi connectivity index (χ3v) is 5.81. The van der Waals surface area contributed by atoms with Gasteiger partial charge in [-0.2, -0.15) is 0 Å². The summed E-state index contributed by atoms with van der Waals surface area (Å²) in [6, 6.07) is 0. The third kappa shape index (κ3) is 3.11. The van der Waals surface area contributed by atoms with Crippen LogP contribution in [0.5, 0.6) is 0 Å². The molecule has 1 saturated heterocycles. The van der Waals surface area contributed by atoms with Crippen LogP contribution >= 0.6 is 11.3 Å². The van der Waals surface area contributed by atoms with Crippen LogP contribution in [0, 0.1) is 19.8 Å². The monoisotopic (exact) mass is 347 g/mol. The molecule has 1 aliphatic rings. The Morgan fingerprint density at radius 3 is 2.83 bits per heavy atom. The zero-order valence-corrected chi connectivity index (χ0v) is 15.7. The minimum atomic E-state index is -0.0820. The third-order valence-electron chi connectivity index (χ3n) is 4.71. The maximum Gasteiger partial charge on any atom is 0.310 e. The van der Waals surface area contributed by atoms with Gasteiger partial charge in [0.05, 0.1) is 17.9 Å². The van der Waals surface area contributed by atoms with Crippen molar-refractivity contribution in [1.82, 2.24) is 9.97 Å². The average Bonchev–Trinajstić information content (AvgIpc) is 2.88. The molecule has 0 amide bonds. The van der Waals surface area contributed by atoms with Crippen molar-refractivity contribution in [2.24, 2.45) is 5.92 Å². The molecule has 3 rings (SSSR count). The molecular weight excluding hydrogens is 322 g/mol. The van der Waals surface area contributed by atoms with Crippen molar-refractivity contribution in [3.63, 3.8) is 0 Å². The molecule has 130 valence electrons. The van der Waals surface area contributed by atoms with E-state index >= 15 is 0 Å². The normalized spacial score (nSPS) is 18.2. The van der Waals surface area contributed by atoms with Crippen LogP contribution in [0.4, 0.5) is 5.82 Å². The SMILES string of the molecule is CCOC(=O)C1CCCN(c2nc(CC)nc3sc(C)c(C)c23)C1. The molecule has 0 aliphatic carbocycles. The second-order valence-corrected chi connectivity index (χ2v) is 7.52. The fourth-order valence-corrected chi connectivity index (χ4v) is 4.32. The van der Waals surface area contributed by atoms with E-state index in [2.05, 4.69) is 25.7 Å². The Bertz CT molecular complexity index is 756. The Morgan fingerprint density at radius 2 is 2.12 bits per heavy atom. The number of hydrogen-bond donors (Lipinski definition) is 0. The van der Waals surface area contributed by atoms with Gasteiger partial charge in [-0.05, 0) is 39.2 Å². The van der Waals surface area contributed by atoms with Crippen LogP contribution in [-0.4, -0.2) is 35.6 Å². The molecule has 2 aromatic heterocycles. The van der Waals surface area contributed by atoms with Crippen molar-refractivity contribution >= 4 is 33.3 Å². The Morgan fingerprint density at radius 1 is 1.33 bits per heavy atom. The smallest absolute Gasteiger partial charge is 0.310 e. The first-order chi connectivity index (χ1) is 11.5. The summed E-state index contributed by atoms with van der Waals surface area (Å²) in [5, 5.41) is 1.15. The van der Waals surface area contributed by atoms with Crippen LogP contribution in [0.1, 0.15) is 43.0 Å². The first-order valence-electron chi connectivity index (χ1n) is 8.73. The summed E-state index contributed by atoms with van der Waals surface area (Å²) in [5.74, 6) is 1.72. The summed E-state index contributed by atoms with van der Waals surface area (Å²) in [7, 11) is 0. The van der Waals surface area contributed by atoms with Gasteiger partial charge in [0.2, 0.25) is 0 Å². The number of nitrogens with zero attached hydrogens (tertiary/aromatic N) is 3. The van der Waals surface area contributed by atoms with Gasteiger partial charge >= 0.3 is 5.97 Å². The highest BCUT2D eigenvalue weighted by atomic mass is 32.1. The molecule has 0 N–H and O–H groups in total. The zero-order chi connectivity index (χ0) is 17.3. The van der Waals surface area contributed by atoms with Gasteiger partial charge in [0, 0.05) is 24.4 Å². The number of carbonyl (C=O) groups excluding carboxylic acids is 1. The van der Waals surface area contributed by atoms with Crippen LogP contribution in [0.25, 0.3) is 10.2 Å². The molecule has 0 aromatic carbocycles. The molecule has 2 aromatic rings. The van der Waals surface area contributed by atoms with E-state index in [-0.39, 0.29) is 11.9 Å². The highest BCUT2D eigenvalue weighted by Crippen LogP contribution is 2.36. The molecule has 6 heteroatoms. The van der Waals surface area contributed by atoms with Crippen LogP contribution in [-0.2, 0) is 16.0 Å². The van der Waals surface area contributed by atoms with Crippen molar-refractivity contribution in [3.8, 4) is 0 Å². The highest BCUT2D eigenvalue weighted by molar-refractivity contribution is 7.18. The predicted octanol–water partition coefficient (Wildman–Crippen LogP) is 3.65. The number of ether oxygens (including phenoxy) is 1. The van der Waals surface area contributed by atoms with Crippen LogP contribution in [0.2, 0.25) is 0 Å². The Balaban J connectivity index is 1.99. The summed E-state index contributed by atoms with van der Waals surface area (Å²) < 4.78 is 5.23.